The molecule has 0 heterocycles. The molecule has 29 heavy (non-hydrogen) atoms. The molecule has 0 spiro atoms. The SMILES string of the molecule is CCCNC(=O)c1cccc(NC(=S)NC(=O)c2ccccc2OCC(C)C)c1. The standard InChI is InChI=1S/C22H27N3O3S/c1-4-12-23-20(26)16-8-7-9-17(13-16)24-22(29)25-21(27)18-10-5-6-11-19(18)28-14-15(2)3/h5-11,13,15H,4,12,14H2,1-3H3,(H,23,26)(H2,24,25,27,29). The number of nitrogens with one attached hydrogen (secondary N) is 3. The molecule has 6 nitrogen and oxygen atoms in total. The number of thiocarbonyl (C=S) groups is 1. The minimum absolute atomic E-state index is 0.139. The van der Waals surface area contributed by atoms with Crippen molar-refractivity contribution in [3.63, 3.8) is 0 Å². The van der Waals surface area contributed by atoms with Crippen molar-refractivity contribution in [2.75, 3.05) is 18.5 Å². The number of carbonyl (C=O) groups is 2. The first-order valence-electron chi connectivity index (χ1n) is 9.63. The van der Waals surface area contributed by atoms with Crippen molar-refractivity contribution in [1.29, 1.82) is 0 Å². The number of hydrogen-bond acceptors (Lipinski definition) is 4. The molecular formula is C22H27N3O3S. The van der Waals surface area contributed by atoms with Gasteiger partial charge in [0.2, 0.25) is 0 Å². The van der Waals surface area contributed by atoms with Gasteiger partial charge >= 0.3 is 0 Å². The quantitative estimate of drug-likeness (QED) is 0.571. The molecule has 0 saturated heterocycles. The van der Waals surface area contributed by atoms with Gasteiger partial charge in [0.05, 0.1) is 12.2 Å². The summed E-state index contributed by atoms with van der Waals surface area (Å²) in [6, 6.07) is 14.0. The maximum atomic E-state index is 12.6. The van der Waals surface area contributed by atoms with Gasteiger partial charge in [-0.3, -0.25) is 14.9 Å². The lowest BCUT2D eigenvalue weighted by molar-refractivity contribution is 0.0950. The van der Waals surface area contributed by atoms with Gasteiger partial charge in [-0.2, -0.15) is 0 Å². The second-order valence-corrected chi connectivity index (χ2v) is 7.35. The highest BCUT2D eigenvalue weighted by molar-refractivity contribution is 7.80. The highest BCUT2D eigenvalue weighted by Crippen LogP contribution is 2.19. The summed E-state index contributed by atoms with van der Waals surface area (Å²) < 4.78 is 5.72. The van der Waals surface area contributed by atoms with Gasteiger partial charge in [-0.05, 0) is 54.9 Å². The number of ether oxygens (including phenoxy) is 1. The fraction of sp³-hybridized carbons (Fsp3) is 0.318. The third-order valence-electron chi connectivity index (χ3n) is 3.85. The highest BCUT2D eigenvalue weighted by Gasteiger charge is 2.14. The molecule has 0 radical (unpaired) electrons. The third kappa shape index (κ3) is 7.19. The van der Waals surface area contributed by atoms with Gasteiger partial charge in [-0.15, -0.1) is 0 Å². The summed E-state index contributed by atoms with van der Waals surface area (Å²) in [5, 5.41) is 8.56. The van der Waals surface area contributed by atoms with Gasteiger partial charge in [-0.25, -0.2) is 0 Å². The van der Waals surface area contributed by atoms with Gasteiger partial charge in [0, 0.05) is 17.8 Å². The average molecular weight is 414 g/mol. The molecule has 2 aromatic rings. The van der Waals surface area contributed by atoms with Gasteiger partial charge in [0.15, 0.2) is 5.11 Å². The molecule has 0 fully saturated rings. The summed E-state index contributed by atoms with van der Waals surface area (Å²) in [7, 11) is 0. The molecule has 7 heteroatoms. The molecule has 0 saturated carbocycles. The first kappa shape index (κ1) is 22.4. The molecule has 0 bridgehead atoms. The van der Waals surface area contributed by atoms with Crippen molar-refractivity contribution in [2.24, 2.45) is 5.92 Å². The number of carbonyl (C=O) groups excluding carboxylic acids is 2. The molecule has 2 amide bonds. The molecular weight excluding hydrogens is 386 g/mol. The van der Waals surface area contributed by atoms with Crippen LogP contribution in [0.2, 0.25) is 0 Å². The summed E-state index contributed by atoms with van der Waals surface area (Å²) in [4.78, 5) is 24.7. The Kier molecular flexibility index (Phi) is 8.61. The lowest BCUT2D eigenvalue weighted by Gasteiger charge is -2.14. The zero-order valence-electron chi connectivity index (χ0n) is 17.0. The van der Waals surface area contributed by atoms with Crippen molar-refractivity contribution in [3.05, 3.63) is 59.7 Å². The minimum Gasteiger partial charge on any atom is -0.492 e. The Labute approximate surface area is 177 Å². The molecule has 0 aromatic heterocycles. The van der Waals surface area contributed by atoms with Crippen molar-refractivity contribution in [2.45, 2.75) is 27.2 Å². The number of benzene rings is 2. The predicted octanol–water partition coefficient (Wildman–Crippen LogP) is 3.99. The van der Waals surface area contributed by atoms with E-state index < -0.39 is 0 Å². The summed E-state index contributed by atoms with van der Waals surface area (Å²) in [6.07, 6.45) is 0.863. The van der Waals surface area contributed by atoms with Gasteiger partial charge < -0.3 is 15.4 Å². The van der Waals surface area contributed by atoms with Crippen molar-refractivity contribution in [1.82, 2.24) is 10.6 Å². The lowest BCUT2D eigenvalue weighted by atomic mass is 10.2. The molecule has 0 aliphatic heterocycles. The van der Waals surface area contributed by atoms with Gasteiger partial charge in [0.25, 0.3) is 11.8 Å². The van der Waals surface area contributed by atoms with Crippen LogP contribution in [0.4, 0.5) is 5.69 Å². The Hall–Kier alpha value is -2.93. The van der Waals surface area contributed by atoms with Gasteiger partial charge in [-0.1, -0.05) is 39.0 Å². The van der Waals surface area contributed by atoms with E-state index in [2.05, 4.69) is 16.0 Å². The molecule has 3 N–H and O–H groups in total. The smallest absolute Gasteiger partial charge is 0.261 e. The van der Waals surface area contributed by atoms with Crippen LogP contribution in [0.25, 0.3) is 0 Å². The molecule has 0 atom stereocenters. The van der Waals surface area contributed by atoms with Crippen molar-refractivity contribution >= 4 is 34.8 Å². The largest absolute Gasteiger partial charge is 0.492 e. The lowest BCUT2D eigenvalue weighted by Crippen LogP contribution is -2.34. The van der Waals surface area contributed by atoms with E-state index in [4.69, 9.17) is 17.0 Å². The Morgan fingerprint density at radius 2 is 1.83 bits per heavy atom. The first-order valence-corrected chi connectivity index (χ1v) is 10.0. The molecule has 2 aromatic carbocycles. The van der Waals surface area contributed by atoms with Crippen LogP contribution in [-0.2, 0) is 0 Å². The average Bonchev–Trinajstić information content (AvgIpc) is 2.70. The van der Waals surface area contributed by atoms with Crippen molar-refractivity contribution < 1.29 is 14.3 Å². The van der Waals surface area contributed by atoms with E-state index in [0.717, 1.165) is 6.42 Å². The number of rotatable bonds is 8. The summed E-state index contributed by atoms with van der Waals surface area (Å²) in [5.74, 6) is 0.340. The molecule has 0 aliphatic carbocycles. The number of hydrogen-bond donors (Lipinski definition) is 3. The Morgan fingerprint density at radius 3 is 2.55 bits per heavy atom. The first-order chi connectivity index (χ1) is 13.9. The van der Waals surface area contributed by atoms with Gasteiger partial charge in [0.1, 0.15) is 5.75 Å². The van der Waals surface area contributed by atoms with E-state index in [1.165, 1.54) is 0 Å². The Balaban J connectivity index is 2.01. The van der Waals surface area contributed by atoms with E-state index in [0.29, 0.717) is 41.6 Å². The van der Waals surface area contributed by atoms with Crippen molar-refractivity contribution in [3.8, 4) is 5.75 Å². The summed E-state index contributed by atoms with van der Waals surface area (Å²) in [6.45, 7) is 7.20. The van der Waals surface area contributed by atoms with Crippen LogP contribution in [-0.4, -0.2) is 30.1 Å². The molecule has 0 aliphatic rings. The maximum absolute atomic E-state index is 12.6. The zero-order valence-corrected chi connectivity index (χ0v) is 17.8. The second-order valence-electron chi connectivity index (χ2n) is 6.95. The normalized spacial score (nSPS) is 10.3. The number of para-hydroxylation sites is 1. The topological polar surface area (TPSA) is 79.5 Å². The van der Waals surface area contributed by atoms with Crippen LogP contribution in [0.1, 0.15) is 47.9 Å². The summed E-state index contributed by atoms with van der Waals surface area (Å²) >= 11 is 5.26. The number of amides is 2. The van der Waals surface area contributed by atoms with E-state index in [1.807, 2.05) is 26.8 Å². The van der Waals surface area contributed by atoms with Crippen LogP contribution in [0, 0.1) is 5.92 Å². The fourth-order valence-corrected chi connectivity index (χ4v) is 2.66. The van der Waals surface area contributed by atoms with Crippen LogP contribution in [0.3, 0.4) is 0 Å². The molecule has 154 valence electrons. The Morgan fingerprint density at radius 1 is 1.07 bits per heavy atom. The van der Waals surface area contributed by atoms with Crippen LogP contribution >= 0.6 is 12.2 Å². The van der Waals surface area contributed by atoms with E-state index in [9.17, 15) is 9.59 Å². The third-order valence-corrected chi connectivity index (χ3v) is 4.05. The highest BCUT2D eigenvalue weighted by atomic mass is 32.1. The summed E-state index contributed by atoms with van der Waals surface area (Å²) in [5.41, 5.74) is 1.54. The molecule has 0 unspecified atom stereocenters. The van der Waals surface area contributed by atoms with Crippen LogP contribution in [0.15, 0.2) is 48.5 Å². The second kappa shape index (κ2) is 11.2. The molecule has 2 rings (SSSR count). The maximum Gasteiger partial charge on any atom is 0.261 e. The van der Waals surface area contributed by atoms with E-state index in [1.54, 1.807) is 42.5 Å². The monoisotopic (exact) mass is 413 g/mol. The fourth-order valence-electron chi connectivity index (χ4n) is 2.45. The van der Waals surface area contributed by atoms with Crippen LogP contribution in [0.5, 0.6) is 5.75 Å². The van der Waals surface area contributed by atoms with E-state index in [-0.39, 0.29) is 16.9 Å². The zero-order chi connectivity index (χ0) is 21.2. The van der Waals surface area contributed by atoms with Crippen LogP contribution < -0.4 is 20.7 Å². The number of anilines is 1. The van der Waals surface area contributed by atoms with E-state index >= 15 is 0 Å². The minimum atomic E-state index is -0.362. The Bertz CT molecular complexity index is 868. The predicted molar refractivity (Wildman–Crippen MR) is 120 cm³/mol.